The van der Waals surface area contributed by atoms with Crippen molar-refractivity contribution in [2.75, 3.05) is 62.1 Å². The third-order valence-electron chi connectivity index (χ3n) is 6.31. The van der Waals surface area contributed by atoms with Crippen LogP contribution in [0.3, 0.4) is 0 Å². The van der Waals surface area contributed by atoms with Crippen LogP contribution in [0.2, 0.25) is 0 Å². The Balaban J connectivity index is 1.26. The van der Waals surface area contributed by atoms with E-state index in [-0.39, 0.29) is 0 Å². The predicted octanol–water partition coefficient (Wildman–Crippen LogP) is 3.40. The first-order chi connectivity index (χ1) is 17.2. The Morgan fingerprint density at radius 2 is 1.49 bits per heavy atom. The summed E-state index contributed by atoms with van der Waals surface area (Å²) >= 11 is 0. The van der Waals surface area contributed by atoms with Gasteiger partial charge < -0.3 is 24.2 Å². The van der Waals surface area contributed by atoms with Crippen molar-refractivity contribution in [1.29, 1.82) is 0 Å². The van der Waals surface area contributed by atoms with Crippen molar-refractivity contribution >= 4 is 28.4 Å². The molecule has 0 radical (unpaired) electrons. The molecule has 0 amide bonds. The molecule has 1 saturated heterocycles. The Bertz CT molecular complexity index is 1280. The lowest BCUT2D eigenvalue weighted by atomic mass is 10.2. The monoisotopic (exact) mass is 471 g/mol. The molecule has 0 aliphatic carbocycles. The number of benzene rings is 2. The van der Waals surface area contributed by atoms with E-state index < -0.39 is 0 Å². The highest BCUT2D eigenvalue weighted by atomic mass is 16.5. The molecule has 5 rings (SSSR count). The normalized spacial score (nSPS) is 13.7. The molecule has 9 nitrogen and oxygen atoms in total. The molecule has 2 aromatic carbocycles. The summed E-state index contributed by atoms with van der Waals surface area (Å²) in [5.41, 5.74) is 3.07. The molecule has 3 heterocycles. The lowest BCUT2D eigenvalue weighted by Crippen LogP contribution is -2.47. The van der Waals surface area contributed by atoms with Gasteiger partial charge in [0, 0.05) is 51.2 Å². The van der Waals surface area contributed by atoms with Gasteiger partial charge in [-0.2, -0.15) is 0 Å². The molecular weight excluding hydrogens is 442 g/mol. The van der Waals surface area contributed by atoms with Gasteiger partial charge in [0.25, 0.3) is 0 Å². The maximum absolute atomic E-state index is 5.49. The zero-order valence-electron chi connectivity index (χ0n) is 20.3. The van der Waals surface area contributed by atoms with Crippen molar-refractivity contribution in [2.45, 2.75) is 6.54 Å². The second-order valence-corrected chi connectivity index (χ2v) is 8.48. The fourth-order valence-corrected chi connectivity index (χ4v) is 4.36. The molecule has 1 aliphatic heterocycles. The van der Waals surface area contributed by atoms with E-state index in [0.717, 1.165) is 61.1 Å². The molecule has 0 spiro atoms. The highest BCUT2D eigenvalue weighted by Crippen LogP contribution is 2.35. The Hall–Kier alpha value is -4.14. The highest BCUT2D eigenvalue weighted by molar-refractivity contribution is 5.92. The van der Waals surface area contributed by atoms with Crippen LogP contribution in [0.5, 0.6) is 11.5 Å². The van der Waals surface area contributed by atoms with Gasteiger partial charge in [-0.15, -0.1) is 0 Å². The maximum Gasteiger partial charge on any atom is 0.225 e. The Morgan fingerprint density at radius 1 is 0.829 bits per heavy atom. The molecule has 4 aromatic rings. The van der Waals surface area contributed by atoms with E-state index in [4.69, 9.17) is 9.47 Å². The second-order valence-electron chi connectivity index (χ2n) is 8.48. The Morgan fingerprint density at radius 3 is 2.17 bits per heavy atom. The van der Waals surface area contributed by atoms with Gasteiger partial charge in [0.1, 0.15) is 12.1 Å². The molecule has 0 N–H and O–H groups in total. The number of anilines is 3. The number of aromatic nitrogens is 4. The summed E-state index contributed by atoms with van der Waals surface area (Å²) in [4.78, 5) is 25.0. The molecule has 180 valence electrons. The van der Waals surface area contributed by atoms with Crippen LogP contribution in [0.25, 0.3) is 10.9 Å². The van der Waals surface area contributed by atoms with Gasteiger partial charge >= 0.3 is 0 Å². The minimum Gasteiger partial charge on any atom is -0.493 e. The summed E-state index contributed by atoms with van der Waals surface area (Å²) in [6.45, 7) is 4.03. The van der Waals surface area contributed by atoms with Gasteiger partial charge in [-0.3, -0.25) is 0 Å². The summed E-state index contributed by atoms with van der Waals surface area (Å²) in [5.74, 6) is 2.97. The molecule has 0 atom stereocenters. The Kier molecular flexibility index (Phi) is 6.47. The molecule has 0 bridgehead atoms. The minimum absolute atomic E-state index is 0.657. The van der Waals surface area contributed by atoms with Crippen LogP contribution in [-0.4, -0.2) is 67.4 Å². The van der Waals surface area contributed by atoms with Crippen LogP contribution in [0.4, 0.5) is 17.5 Å². The molecule has 0 saturated carbocycles. The van der Waals surface area contributed by atoms with Crippen LogP contribution in [-0.2, 0) is 6.54 Å². The van der Waals surface area contributed by atoms with E-state index in [2.05, 4.69) is 65.9 Å². The van der Waals surface area contributed by atoms with Crippen LogP contribution in [0.1, 0.15) is 5.56 Å². The quantitative estimate of drug-likeness (QED) is 0.403. The zero-order chi connectivity index (χ0) is 24.2. The van der Waals surface area contributed by atoms with Crippen LogP contribution >= 0.6 is 0 Å². The molecule has 1 fully saturated rings. The lowest BCUT2D eigenvalue weighted by Gasteiger charge is -2.35. The minimum atomic E-state index is 0.657. The summed E-state index contributed by atoms with van der Waals surface area (Å²) in [6, 6.07) is 14.2. The first-order valence-corrected chi connectivity index (χ1v) is 11.6. The SMILES string of the molecule is COc1cc2ncnc(N3CCN(c4ncc(N(C)Cc5ccccc5)cn4)CC3)c2cc1OC. The fraction of sp³-hybridized carbons (Fsp3) is 0.308. The molecule has 2 aromatic heterocycles. The lowest BCUT2D eigenvalue weighted by molar-refractivity contribution is 0.356. The van der Waals surface area contributed by atoms with Crippen molar-refractivity contribution in [3.63, 3.8) is 0 Å². The molecular formula is C26H29N7O2. The smallest absolute Gasteiger partial charge is 0.225 e. The Labute approximate surface area is 205 Å². The number of hydrogen-bond acceptors (Lipinski definition) is 9. The van der Waals surface area contributed by atoms with Crippen molar-refractivity contribution in [3.8, 4) is 11.5 Å². The number of methoxy groups -OCH3 is 2. The van der Waals surface area contributed by atoms with E-state index in [0.29, 0.717) is 11.5 Å². The van der Waals surface area contributed by atoms with E-state index in [1.54, 1.807) is 20.5 Å². The van der Waals surface area contributed by atoms with Crippen molar-refractivity contribution in [3.05, 3.63) is 66.7 Å². The first-order valence-electron chi connectivity index (χ1n) is 11.6. The van der Waals surface area contributed by atoms with Crippen LogP contribution in [0.15, 0.2) is 61.2 Å². The molecule has 35 heavy (non-hydrogen) atoms. The number of hydrogen-bond donors (Lipinski definition) is 0. The van der Waals surface area contributed by atoms with Crippen molar-refractivity contribution in [1.82, 2.24) is 19.9 Å². The molecule has 1 aliphatic rings. The topological polar surface area (TPSA) is 79.7 Å². The van der Waals surface area contributed by atoms with Gasteiger partial charge in [-0.05, 0) is 11.6 Å². The average Bonchev–Trinajstić information content (AvgIpc) is 2.92. The number of ether oxygens (including phenoxy) is 2. The maximum atomic E-state index is 5.49. The average molecular weight is 472 g/mol. The first kappa shape index (κ1) is 22.6. The third kappa shape index (κ3) is 4.75. The van der Waals surface area contributed by atoms with Gasteiger partial charge in [0.15, 0.2) is 11.5 Å². The molecule has 0 unspecified atom stereocenters. The fourth-order valence-electron chi connectivity index (χ4n) is 4.36. The van der Waals surface area contributed by atoms with Crippen LogP contribution < -0.4 is 24.2 Å². The van der Waals surface area contributed by atoms with Gasteiger partial charge in [-0.25, -0.2) is 19.9 Å². The number of piperazine rings is 1. The van der Waals surface area contributed by atoms with Gasteiger partial charge in [0.2, 0.25) is 5.95 Å². The number of rotatable bonds is 7. The van der Waals surface area contributed by atoms with E-state index in [1.807, 2.05) is 30.6 Å². The number of nitrogens with zero attached hydrogens (tertiary/aromatic N) is 7. The standard InChI is InChI=1S/C26H29N7O2/c1-31(17-19-7-5-4-6-8-19)20-15-27-26(28-16-20)33-11-9-32(10-12-33)25-21-13-23(34-2)24(35-3)14-22(21)29-18-30-25/h4-8,13-16,18H,9-12,17H2,1-3H3. The third-order valence-corrected chi connectivity index (χ3v) is 6.31. The zero-order valence-corrected chi connectivity index (χ0v) is 20.3. The van der Waals surface area contributed by atoms with Gasteiger partial charge in [-0.1, -0.05) is 30.3 Å². The van der Waals surface area contributed by atoms with Crippen molar-refractivity contribution < 1.29 is 9.47 Å². The summed E-state index contributed by atoms with van der Waals surface area (Å²) < 4.78 is 10.9. The molecule has 9 heteroatoms. The van der Waals surface area contributed by atoms with Crippen molar-refractivity contribution in [2.24, 2.45) is 0 Å². The number of fused-ring (bicyclic) bond motifs is 1. The second kappa shape index (κ2) is 10.0. The van der Waals surface area contributed by atoms with E-state index >= 15 is 0 Å². The van der Waals surface area contributed by atoms with Crippen LogP contribution in [0, 0.1) is 0 Å². The largest absolute Gasteiger partial charge is 0.493 e. The van der Waals surface area contributed by atoms with Gasteiger partial charge in [0.05, 0.1) is 37.8 Å². The van der Waals surface area contributed by atoms with E-state index in [1.165, 1.54) is 5.56 Å². The predicted molar refractivity (Wildman–Crippen MR) is 138 cm³/mol. The summed E-state index contributed by atoms with van der Waals surface area (Å²) in [6.07, 6.45) is 5.40. The van der Waals surface area contributed by atoms with E-state index in [9.17, 15) is 0 Å². The summed E-state index contributed by atoms with van der Waals surface area (Å²) in [5, 5.41) is 0.945. The summed E-state index contributed by atoms with van der Waals surface area (Å²) in [7, 11) is 5.32. The highest BCUT2D eigenvalue weighted by Gasteiger charge is 2.22.